The Morgan fingerprint density at radius 2 is 1.94 bits per heavy atom. The number of amides is 1. The Morgan fingerprint density at radius 1 is 1.15 bits per heavy atom. The van der Waals surface area contributed by atoms with E-state index in [1.54, 1.807) is 18.0 Å². The van der Waals surface area contributed by atoms with Gasteiger partial charge in [-0.2, -0.15) is 4.37 Å². The minimum Gasteiger partial charge on any atom is -0.466 e. The quantitative estimate of drug-likeness (QED) is 0.347. The lowest BCUT2D eigenvalue weighted by Gasteiger charge is -2.26. The lowest BCUT2D eigenvalue weighted by Crippen LogP contribution is -2.33. The predicted molar refractivity (Wildman–Crippen MR) is 134 cm³/mol. The van der Waals surface area contributed by atoms with Crippen molar-refractivity contribution >= 4 is 39.2 Å². The van der Waals surface area contributed by atoms with Gasteiger partial charge < -0.3 is 9.64 Å². The maximum atomic E-state index is 13.6. The molecule has 0 N–H and O–H groups in total. The first kappa shape index (κ1) is 24.8. The van der Waals surface area contributed by atoms with Crippen LogP contribution >= 0.6 is 11.5 Å². The number of benzene rings is 1. The van der Waals surface area contributed by atoms with Gasteiger partial charge >= 0.3 is 5.97 Å². The summed E-state index contributed by atoms with van der Waals surface area (Å²) in [6.07, 6.45) is 3.96. The molecule has 0 radical (unpaired) electrons. The van der Waals surface area contributed by atoms with Gasteiger partial charge in [0, 0.05) is 24.4 Å². The van der Waals surface area contributed by atoms with Gasteiger partial charge in [-0.1, -0.05) is 19.4 Å². The number of ether oxygens (including phenoxy) is 1. The number of anilines is 1. The third kappa shape index (κ3) is 6.16. The molecule has 0 bridgehead atoms. The fourth-order valence-electron chi connectivity index (χ4n) is 4.34. The van der Waals surface area contributed by atoms with Crippen molar-refractivity contribution in [1.29, 1.82) is 0 Å². The van der Waals surface area contributed by atoms with Crippen LogP contribution in [-0.4, -0.2) is 27.8 Å². The van der Waals surface area contributed by atoms with Gasteiger partial charge in [0.05, 0.1) is 34.9 Å². The van der Waals surface area contributed by atoms with Crippen LogP contribution in [0.25, 0.3) is 10.1 Å². The second-order valence-electron chi connectivity index (χ2n) is 8.54. The molecule has 1 aromatic carbocycles. The molecule has 1 atom stereocenters. The molecule has 0 aliphatic rings. The van der Waals surface area contributed by atoms with Gasteiger partial charge in [-0.05, 0) is 80.9 Å². The minimum atomic E-state index is -0.246. The zero-order valence-electron chi connectivity index (χ0n) is 20.2. The van der Waals surface area contributed by atoms with Gasteiger partial charge in [-0.3, -0.25) is 14.6 Å². The van der Waals surface area contributed by atoms with Crippen molar-refractivity contribution in [3.05, 3.63) is 53.0 Å². The highest BCUT2D eigenvalue weighted by atomic mass is 32.1. The van der Waals surface area contributed by atoms with Gasteiger partial charge in [-0.25, -0.2) is 0 Å². The monoisotopic (exact) mass is 467 g/mol. The molecule has 1 amide bonds. The maximum absolute atomic E-state index is 13.6. The number of carbonyl (C=O) groups excluding carboxylic acids is 2. The minimum absolute atomic E-state index is 0.0280. The molecule has 0 saturated heterocycles. The summed E-state index contributed by atoms with van der Waals surface area (Å²) >= 11 is 1.47. The first-order valence-corrected chi connectivity index (χ1v) is 12.3. The molecule has 0 fully saturated rings. The molecule has 7 heteroatoms. The summed E-state index contributed by atoms with van der Waals surface area (Å²) in [4.78, 5) is 31.9. The third-order valence-electron chi connectivity index (χ3n) is 5.79. The second-order valence-corrected chi connectivity index (χ2v) is 9.34. The van der Waals surface area contributed by atoms with Gasteiger partial charge in [-0.15, -0.1) is 0 Å². The van der Waals surface area contributed by atoms with E-state index in [2.05, 4.69) is 37.9 Å². The number of esters is 1. The van der Waals surface area contributed by atoms with Crippen molar-refractivity contribution in [3.8, 4) is 0 Å². The molecule has 0 spiro atoms. The molecule has 3 rings (SSSR count). The molecule has 176 valence electrons. The summed E-state index contributed by atoms with van der Waals surface area (Å²) in [6, 6.07) is 8.06. The largest absolute Gasteiger partial charge is 0.466 e. The number of nitrogens with zero attached hydrogens (tertiary/aromatic N) is 3. The van der Waals surface area contributed by atoms with Gasteiger partial charge in [0.2, 0.25) is 5.91 Å². The number of aromatic nitrogens is 2. The van der Waals surface area contributed by atoms with Crippen LogP contribution in [0.4, 0.5) is 5.69 Å². The molecule has 33 heavy (non-hydrogen) atoms. The maximum Gasteiger partial charge on any atom is 0.306 e. The number of rotatable bonds is 10. The van der Waals surface area contributed by atoms with Crippen molar-refractivity contribution in [2.45, 2.75) is 66.8 Å². The van der Waals surface area contributed by atoms with Crippen LogP contribution in [0.15, 0.2) is 30.5 Å². The van der Waals surface area contributed by atoms with E-state index in [4.69, 9.17) is 9.11 Å². The fourth-order valence-corrected chi connectivity index (χ4v) is 5.31. The summed E-state index contributed by atoms with van der Waals surface area (Å²) in [5.74, 6) is -0.332. The summed E-state index contributed by atoms with van der Waals surface area (Å²) in [6.45, 7) is 10.7. The first-order chi connectivity index (χ1) is 15.8. The van der Waals surface area contributed by atoms with E-state index in [9.17, 15) is 9.59 Å². The molecule has 3 aromatic rings. The van der Waals surface area contributed by atoms with Crippen LogP contribution in [0, 0.1) is 26.7 Å². The van der Waals surface area contributed by atoms with E-state index in [1.807, 2.05) is 19.1 Å². The molecule has 1 unspecified atom stereocenters. The lowest BCUT2D eigenvalue weighted by atomic mass is 9.95. The normalized spacial score (nSPS) is 12.0. The van der Waals surface area contributed by atoms with Gasteiger partial charge in [0.25, 0.3) is 0 Å². The zero-order valence-corrected chi connectivity index (χ0v) is 21.0. The number of hydrogen-bond donors (Lipinski definition) is 0. The SMILES string of the molecule is CCCC(CC(=O)OCC)CC(=O)N(Cc1nsc2cc(C)cc(C)c12)c1cccnc1C. The van der Waals surface area contributed by atoms with Gasteiger partial charge in [0.1, 0.15) is 0 Å². The Balaban J connectivity index is 1.93. The Hall–Kier alpha value is -2.80. The Morgan fingerprint density at radius 3 is 2.64 bits per heavy atom. The van der Waals surface area contributed by atoms with Crippen LogP contribution in [0.2, 0.25) is 0 Å². The number of pyridine rings is 1. The molecule has 2 heterocycles. The second kappa shape index (κ2) is 11.4. The number of carbonyl (C=O) groups is 2. The highest BCUT2D eigenvalue weighted by molar-refractivity contribution is 7.13. The van der Waals surface area contributed by atoms with Crippen molar-refractivity contribution in [3.63, 3.8) is 0 Å². The Labute approximate surface area is 200 Å². The van der Waals surface area contributed by atoms with Crippen molar-refractivity contribution in [2.24, 2.45) is 5.92 Å². The molecule has 6 nitrogen and oxygen atoms in total. The highest BCUT2D eigenvalue weighted by Gasteiger charge is 2.25. The van der Waals surface area contributed by atoms with Crippen LogP contribution in [0.5, 0.6) is 0 Å². The fraction of sp³-hybridized carbons (Fsp3) is 0.462. The lowest BCUT2D eigenvalue weighted by molar-refractivity contribution is -0.144. The van der Waals surface area contributed by atoms with E-state index in [0.29, 0.717) is 13.2 Å². The molecule has 0 aliphatic carbocycles. The van der Waals surface area contributed by atoms with E-state index in [1.165, 1.54) is 17.1 Å². The molecular formula is C26H33N3O3S. The van der Waals surface area contributed by atoms with Gasteiger partial charge in [0.15, 0.2) is 0 Å². The topological polar surface area (TPSA) is 72.4 Å². The van der Waals surface area contributed by atoms with E-state index in [-0.39, 0.29) is 30.6 Å². The molecular weight excluding hydrogens is 434 g/mol. The van der Waals surface area contributed by atoms with E-state index >= 15 is 0 Å². The smallest absolute Gasteiger partial charge is 0.306 e. The average molecular weight is 468 g/mol. The summed E-state index contributed by atoms with van der Waals surface area (Å²) in [7, 11) is 0. The van der Waals surface area contributed by atoms with E-state index in [0.717, 1.165) is 45.6 Å². The molecule has 0 aliphatic heterocycles. The van der Waals surface area contributed by atoms with Crippen LogP contribution in [0.1, 0.15) is 62.0 Å². The number of aryl methyl sites for hydroxylation is 3. The average Bonchev–Trinajstić information content (AvgIpc) is 3.15. The van der Waals surface area contributed by atoms with Crippen LogP contribution in [0.3, 0.4) is 0 Å². The van der Waals surface area contributed by atoms with Crippen molar-refractivity contribution in [1.82, 2.24) is 9.36 Å². The third-order valence-corrected chi connectivity index (χ3v) is 6.62. The Kier molecular flexibility index (Phi) is 8.55. The summed E-state index contributed by atoms with van der Waals surface area (Å²) in [5.41, 5.74) is 4.82. The van der Waals surface area contributed by atoms with Crippen molar-refractivity contribution in [2.75, 3.05) is 11.5 Å². The summed E-state index contributed by atoms with van der Waals surface area (Å²) < 4.78 is 11.0. The Bertz CT molecular complexity index is 1130. The van der Waals surface area contributed by atoms with Crippen LogP contribution in [-0.2, 0) is 20.9 Å². The molecule has 2 aromatic heterocycles. The van der Waals surface area contributed by atoms with Crippen molar-refractivity contribution < 1.29 is 14.3 Å². The predicted octanol–water partition coefficient (Wildman–Crippen LogP) is 5.91. The number of fused-ring (bicyclic) bond motifs is 1. The first-order valence-electron chi connectivity index (χ1n) is 11.6. The number of hydrogen-bond acceptors (Lipinski definition) is 6. The zero-order chi connectivity index (χ0) is 24.0. The summed E-state index contributed by atoms with van der Waals surface area (Å²) in [5, 5.41) is 1.11. The molecule has 0 saturated carbocycles. The highest BCUT2D eigenvalue weighted by Crippen LogP contribution is 2.31. The van der Waals surface area contributed by atoms with E-state index < -0.39 is 0 Å². The standard InChI is InChI=1S/C26H33N3O3S/c1-6-9-20(15-25(31)32-7-2)14-24(30)29(22-10-8-11-27-19(22)5)16-21-26-18(4)12-17(3)13-23(26)33-28-21/h8,10-13,20H,6-7,9,14-16H2,1-5H3. The van der Waals surface area contributed by atoms with Crippen LogP contribution < -0.4 is 4.90 Å².